The zero-order valence-corrected chi connectivity index (χ0v) is 12.0. The molecular formula is C13H18ClN3O2. The van der Waals surface area contributed by atoms with Gasteiger partial charge in [-0.3, -0.25) is 4.79 Å². The van der Waals surface area contributed by atoms with Crippen LogP contribution >= 0.6 is 11.6 Å². The fourth-order valence-electron chi connectivity index (χ4n) is 2.40. The van der Waals surface area contributed by atoms with Gasteiger partial charge in [0.25, 0.3) is 5.91 Å². The molecule has 3 N–H and O–H groups in total. The molecule has 1 heterocycles. The number of ether oxygens (including phenoxy) is 1. The number of halogens is 1. The summed E-state index contributed by atoms with van der Waals surface area (Å²) in [5.74, 6) is 0.0453. The minimum Gasteiger partial charge on any atom is -0.384 e. The van der Waals surface area contributed by atoms with Gasteiger partial charge in [-0.25, -0.2) is 4.98 Å². The summed E-state index contributed by atoms with van der Waals surface area (Å²) in [6.07, 6.45) is 2.35. The van der Waals surface area contributed by atoms with Crippen LogP contribution in [0.15, 0.2) is 12.3 Å². The first-order valence-corrected chi connectivity index (χ1v) is 6.48. The van der Waals surface area contributed by atoms with Crippen molar-refractivity contribution in [1.29, 1.82) is 0 Å². The summed E-state index contributed by atoms with van der Waals surface area (Å²) in [5.41, 5.74) is 5.83. The van der Waals surface area contributed by atoms with Gasteiger partial charge >= 0.3 is 0 Å². The van der Waals surface area contributed by atoms with Gasteiger partial charge in [-0.05, 0) is 12.5 Å². The Hall–Kier alpha value is -1.33. The van der Waals surface area contributed by atoms with E-state index in [4.69, 9.17) is 22.1 Å². The van der Waals surface area contributed by atoms with Gasteiger partial charge in [0, 0.05) is 24.8 Å². The Bertz CT molecular complexity index is 505. The minimum absolute atomic E-state index is 0.0652. The highest BCUT2D eigenvalue weighted by Gasteiger charge is 2.49. The molecule has 1 aliphatic carbocycles. The van der Waals surface area contributed by atoms with Crippen LogP contribution in [0.3, 0.4) is 0 Å². The molecular weight excluding hydrogens is 266 g/mol. The van der Waals surface area contributed by atoms with Crippen LogP contribution < -0.4 is 11.1 Å². The van der Waals surface area contributed by atoms with Gasteiger partial charge in [0.1, 0.15) is 5.82 Å². The van der Waals surface area contributed by atoms with Crippen LogP contribution in [-0.2, 0) is 4.74 Å². The second-order valence-electron chi connectivity index (χ2n) is 5.40. The van der Waals surface area contributed by atoms with E-state index >= 15 is 0 Å². The topological polar surface area (TPSA) is 77.2 Å². The van der Waals surface area contributed by atoms with Gasteiger partial charge in [0.05, 0.1) is 16.7 Å². The number of hydrogen-bond acceptors (Lipinski definition) is 4. The molecule has 1 aliphatic rings. The number of amides is 1. The molecule has 5 nitrogen and oxygen atoms in total. The number of nitrogens with zero attached hydrogens (tertiary/aromatic N) is 1. The second-order valence-corrected chi connectivity index (χ2v) is 5.80. The zero-order chi connectivity index (χ0) is 14.2. The number of anilines is 1. The van der Waals surface area contributed by atoms with Gasteiger partial charge < -0.3 is 15.8 Å². The molecule has 1 aromatic heterocycles. The van der Waals surface area contributed by atoms with Gasteiger partial charge in [-0.2, -0.15) is 0 Å². The van der Waals surface area contributed by atoms with Crippen molar-refractivity contribution >= 4 is 23.3 Å². The maximum Gasteiger partial charge on any atom is 0.253 e. The number of carbonyl (C=O) groups excluding carboxylic acids is 1. The third kappa shape index (κ3) is 2.53. The smallest absolute Gasteiger partial charge is 0.253 e. The third-order valence-corrected chi connectivity index (χ3v) is 4.19. The lowest BCUT2D eigenvalue weighted by molar-refractivity contribution is -0.0942. The molecule has 0 bridgehead atoms. The standard InChI is InChI=1S/C13H18ClN3O2/c1-13(2)9(5-10(13)19-3)17-12(18)7-4-11(15)16-6-8(7)14/h4,6,9-10H,5H2,1-3H3,(H2,15,16)(H,17,18). The number of carbonyl (C=O) groups is 1. The fourth-order valence-corrected chi connectivity index (χ4v) is 2.58. The van der Waals surface area contributed by atoms with Crippen molar-refractivity contribution in [2.24, 2.45) is 5.41 Å². The quantitative estimate of drug-likeness (QED) is 0.888. The van der Waals surface area contributed by atoms with E-state index in [1.54, 1.807) is 7.11 Å². The summed E-state index contributed by atoms with van der Waals surface area (Å²) in [5, 5.41) is 3.27. The highest BCUT2D eigenvalue weighted by molar-refractivity contribution is 6.33. The van der Waals surface area contributed by atoms with E-state index in [1.165, 1.54) is 12.3 Å². The van der Waals surface area contributed by atoms with Gasteiger partial charge in [-0.1, -0.05) is 25.4 Å². The molecule has 0 aromatic carbocycles. The maximum atomic E-state index is 12.2. The summed E-state index contributed by atoms with van der Waals surface area (Å²) in [6, 6.07) is 1.55. The highest BCUT2D eigenvalue weighted by Crippen LogP contribution is 2.42. The Kier molecular flexibility index (Phi) is 3.69. The van der Waals surface area contributed by atoms with Crippen molar-refractivity contribution < 1.29 is 9.53 Å². The molecule has 19 heavy (non-hydrogen) atoms. The van der Waals surface area contributed by atoms with E-state index in [0.717, 1.165) is 6.42 Å². The van der Waals surface area contributed by atoms with Gasteiger partial charge in [0.15, 0.2) is 0 Å². The Morgan fingerprint density at radius 1 is 1.63 bits per heavy atom. The lowest BCUT2D eigenvalue weighted by atomic mass is 9.64. The molecule has 1 fully saturated rings. The number of rotatable bonds is 3. The lowest BCUT2D eigenvalue weighted by Gasteiger charge is -2.51. The van der Waals surface area contributed by atoms with Crippen molar-refractivity contribution in [2.45, 2.75) is 32.4 Å². The van der Waals surface area contributed by atoms with Crippen molar-refractivity contribution in [1.82, 2.24) is 10.3 Å². The van der Waals surface area contributed by atoms with Crippen LogP contribution in [0.25, 0.3) is 0 Å². The number of nitrogen functional groups attached to an aromatic ring is 1. The maximum absolute atomic E-state index is 12.2. The van der Waals surface area contributed by atoms with Gasteiger partial charge in [-0.15, -0.1) is 0 Å². The highest BCUT2D eigenvalue weighted by atomic mass is 35.5. The summed E-state index contributed by atoms with van der Waals surface area (Å²) in [7, 11) is 1.69. The summed E-state index contributed by atoms with van der Waals surface area (Å²) >= 11 is 5.96. The number of aromatic nitrogens is 1. The van der Waals surface area contributed by atoms with Crippen LogP contribution in [0.2, 0.25) is 5.02 Å². The number of nitrogens with two attached hydrogens (primary N) is 1. The van der Waals surface area contributed by atoms with Crippen molar-refractivity contribution in [3.8, 4) is 0 Å². The zero-order valence-electron chi connectivity index (χ0n) is 11.2. The number of nitrogens with one attached hydrogen (secondary N) is 1. The number of methoxy groups -OCH3 is 1. The van der Waals surface area contributed by atoms with Crippen LogP contribution in [0.5, 0.6) is 0 Å². The molecule has 1 amide bonds. The summed E-state index contributed by atoms with van der Waals surface area (Å²) in [4.78, 5) is 16.0. The van der Waals surface area contributed by atoms with Gasteiger partial charge in [0.2, 0.25) is 0 Å². The Morgan fingerprint density at radius 2 is 2.32 bits per heavy atom. The number of hydrogen-bond donors (Lipinski definition) is 2. The van der Waals surface area contributed by atoms with Crippen LogP contribution in [0.4, 0.5) is 5.82 Å². The second kappa shape index (κ2) is 4.98. The third-order valence-electron chi connectivity index (χ3n) is 3.89. The molecule has 0 aliphatic heterocycles. The average Bonchev–Trinajstić information content (AvgIpc) is 2.36. The first-order valence-electron chi connectivity index (χ1n) is 6.11. The molecule has 6 heteroatoms. The van der Waals surface area contributed by atoms with E-state index < -0.39 is 0 Å². The fraction of sp³-hybridized carbons (Fsp3) is 0.538. The normalized spacial score (nSPS) is 24.6. The van der Waals surface area contributed by atoms with E-state index in [9.17, 15) is 4.79 Å². The molecule has 2 rings (SSSR count). The molecule has 2 atom stereocenters. The molecule has 0 saturated heterocycles. The molecule has 0 radical (unpaired) electrons. The van der Waals surface area contributed by atoms with E-state index in [2.05, 4.69) is 24.1 Å². The lowest BCUT2D eigenvalue weighted by Crippen LogP contribution is -2.61. The summed E-state index contributed by atoms with van der Waals surface area (Å²) < 4.78 is 5.35. The van der Waals surface area contributed by atoms with E-state index in [1.807, 2.05) is 0 Å². The summed E-state index contributed by atoms with van der Waals surface area (Å²) in [6.45, 7) is 4.14. The Morgan fingerprint density at radius 3 is 2.89 bits per heavy atom. The molecule has 104 valence electrons. The monoisotopic (exact) mass is 283 g/mol. The average molecular weight is 284 g/mol. The minimum atomic E-state index is -0.230. The largest absolute Gasteiger partial charge is 0.384 e. The van der Waals surface area contributed by atoms with E-state index in [0.29, 0.717) is 10.6 Å². The Labute approximate surface area is 117 Å². The SMILES string of the molecule is COC1CC(NC(=O)c2cc(N)ncc2Cl)C1(C)C. The number of pyridine rings is 1. The van der Waals surface area contributed by atoms with Crippen molar-refractivity contribution in [3.63, 3.8) is 0 Å². The predicted octanol–water partition coefficient (Wildman–Crippen LogP) is 1.86. The van der Waals surface area contributed by atoms with Crippen molar-refractivity contribution in [3.05, 3.63) is 22.8 Å². The first kappa shape index (κ1) is 14.1. The molecule has 0 spiro atoms. The Balaban J connectivity index is 2.09. The predicted molar refractivity (Wildman–Crippen MR) is 74.1 cm³/mol. The van der Waals surface area contributed by atoms with Crippen LogP contribution in [0, 0.1) is 5.41 Å². The van der Waals surface area contributed by atoms with Crippen LogP contribution in [0.1, 0.15) is 30.6 Å². The molecule has 1 aromatic rings. The molecule has 1 saturated carbocycles. The molecule has 2 unspecified atom stereocenters. The van der Waals surface area contributed by atoms with Crippen molar-refractivity contribution in [2.75, 3.05) is 12.8 Å². The van der Waals surface area contributed by atoms with Crippen LogP contribution in [-0.4, -0.2) is 30.1 Å². The first-order chi connectivity index (χ1) is 8.86. The van der Waals surface area contributed by atoms with E-state index in [-0.39, 0.29) is 29.3 Å².